The van der Waals surface area contributed by atoms with Crippen molar-refractivity contribution in [2.45, 2.75) is 44.9 Å². The molecule has 32 heavy (non-hydrogen) atoms. The highest BCUT2D eigenvalue weighted by atomic mass is 19.4. The lowest BCUT2D eigenvalue weighted by Crippen LogP contribution is -2.58. The molecule has 0 spiro atoms. The highest BCUT2D eigenvalue weighted by Gasteiger charge is 2.32. The number of likely N-dealkylation sites (tertiary alicyclic amines) is 1. The fraction of sp³-hybridized carbons (Fsp3) is 0.550. The Morgan fingerprint density at radius 1 is 1.28 bits per heavy atom. The number of carbonyl (C=O) groups excluding carboxylic acids is 1. The number of alkyl halides is 3. The van der Waals surface area contributed by atoms with Crippen LogP contribution in [0.15, 0.2) is 16.9 Å². The molecular weight excluding hydrogens is 434 g/mol. The van der Waals surface area contributed by atoms with Gasteiger partial charge in [0.05, 0.1) is 11.6 Å². The minimum Gasteiger partial charge on any atom is -0.483 e. The Hall–Kier alpha value is -2.89. The maximum Gasteiger partial charge on any atom is 0.422 e. The number of carbonyl (C=O) groups is 1. The average Bonchev–Trinajstić information content (AvgIpc) is 3.05. The molecular formula is C20H23F4N5O3. The van der Waals surface area contributed by atoms with Crippen LogP contribution in [0.2, 0.25) is 0 Å². The summed E-state index contributed by atoms with van der Waals surface area (Å²) in [6.45, 7) is 2.72. The summed E-state index contributed by atoms with van der Waals surface area (Å²) >= 11 is 0. The maximum atomic E-state index is 15.0. The fourth-order valence-electron chi connectivity index (χ4n) is 3.90. The van der Waals surface area contributed by atoms with Crippen LogP contribution in [0.4, 0.5) is 17.6 Å². The van der Waals surface area contributed by atoms with Gasteiger partial charge in [-0.3, -0.25) is 14.3 Å². The van der Waals surface area contributed by atoms with Crippen LogP contribution in [-0.2, 0) is 13.0 Å². The van der Waals surface area contributed by atoms with Crippen molar-refractivity contribution in [2.24, 2.45) is 0 Å². The second-order valence-electron chi connectivity index (χ2n) is 7.95. The van der Waals surface area contributed by atoms with E-state index in [0.29, 0.717) is 31.9 Å². The smallest absolute Gasteiger partial charge is 0.422 e. The first-order valence-electron chi connectivity index (χ1n) is 10.4. The maximum absolute atomic E-state index is 15.0. The molecule has 1 aromatic carbocycles. The molecule has 0 atom stereocenters. The Morgan fingerprint density at radius 3 is 2.69 bits per heavy atom. The van der Waals surface area contributed by atoms with E-state index in [1.165, 1.54) is 4.57 Å². The quantitative estimate of drug-likeness (QED) is 0.670. The minimum absolute atomic E-state index is 0.192. The normalized spacial score (nSPS) is 17.0. The van der Waals surface area contributed by atoms with E-state index in [1.54, 1.807) is 0 Å². The Kier molecular flexibility index (Phi) is 5.97. The van der Waals surface area contributed by atoms with Crippen molar-refractivity contribution in [3.05, 3.63) is 39.8 Å². The van der Waals surface area contributed by atoms with Gasteiger partial charge in [-0.1, -0.05) is 6.92 Å². The van der Waals surface area contributed by atoms with Gasteiger partial charge < -0.3 is 10.1 Å². The molecule has 0 bridgehead atoms. The summed E-state index contributed by atoms with van der Waals surface area (Å²) in [7, 11) is 0. The van der Waals surface area contributed by atoms with E-state index in [4.69, 9.17) is 4.74 Å². The lowest BCUT2D eigenvalue weighted by Gasteiger charge is -2.38. The standard InChI is InChI=1S/C20H23F4N5O3/c1-2-27-9-12(10-27)25-18(30)13-7-14(21)15(8-16(13)32-11-20(22,23)24)29-19(31)28-6-4-3-5-17(28)26-29/h7-8,12H,2-6,9-11H2,1H3,(H,25,30). The lowest BCUT2D eigenvalue weighted by atomic mass is 10.1. The van der Waals surface area contributed by atoms with E-state index >= 15 is 0 Å². The van der Waals surface area contributed by atoms with Crippen LogP contribution in [-0.4, -0.2) is 63.6 Å². The van der Waals surface area contributed by atoms with Crippen LogP contribution in [0, 0.1) is 5.82 Å². The van der Waals surface area contributed by atoms with Gasteiger partial charge in [0.1, 0.15) is 23.1 Å². The summed E-state index contributed by atoms with van der Waals surface area (Å²) in [5.74, 6) is -1.70. The molecule has 1 N–H and O–H groups in total. The van der Waals surface area contributed by atoms with Crippen molar-refractivity contribution in [2.75, 3.05) is 26.2 Å². The molecule has 1 saturated heterocycles. The number of hydrogen-bond acceptors (Lipinski definition) is 5. The largest absolute Gasteiger partial charge is 0.483 e. The van der Waals surface area contributed by atoms with Crippen molar-refractivity contribution in [1.29, 1.82) is 0 Å². The molecule has 0 saturated carbocycles. The van der Waals surface area contributed by atoms with E-state index in [0.717, 1.165) is 36.2 Å². The number of likely N-dealkylation sites (N-methyl/N-ethyl adjacent to an activating group) is 1. The van der Waals surface area contributed by atoms with Crippen molar-refractivity contribution < 1.29 is 27.1 Å². The number of halogens is 4. The number of benzene rings is 1. The fourth-order valence-corrected chi connectivity index (χ4v) is 3.90. The highest BCUT2D eigenvalue weighted by molar-refractivity contribution is 5.97. The summed E-state index contributed by atoms with van der Waals surface area (Å²) in [5, 5.41) is 6.81. The molecule has 1 aromatic heterocycles. The van der Waals surface area contributed by atoms with E-state index in [9.17, 15) is 27.2 Å². The molecule has 8 nitrogen and oxygen atoms in total. The Bertz CT molecular complexity index is 1070. The number of rotatable bonds is 6. The summed E-state index contributed by atoms with van der Waals surface area (Å²) in [4.78, 5) is 27.4. The summed E-state index contributed by atoms with van der Waals surface area (Å²) in [6, 6.07) is 1.52. The third-order valence-electron chi connectivity index (χ3n) is 5.62. The van der Waals surface area contributed by atoms with Gasteiger partial charge in [-0.15, -0.1) is 5.10 Å². The second kappa shape index (κ2) is 8.57. The topological polar surface area (TPSA) is 81.4 Å². The number of amides is 1. The number of nitrogens with zero attached hydrogens (tertiary/aromatic N) is 4. The van der Waals surface area contributed by atoms with Crippen LogP contribution in [0.1, 0.15) is 35.9 Å². The van der Waals surface area contributed by atoms with Gasteiger partial charge in [-0.2, -0.15) is 17.9 Å². The molecule has 0 aliphatic carbocycles. The monoisotopic (exact) mass is 457 g/mol. The van der Waals surface area contributed by atoms with Crippen molar-refractivity contribution in [1.82, 2.24) is 24.6 Å². The first-order chi connectivity index (χ1) is 15.2. The zero-order valence-electron chi connectivity index (χ0n) is 17.4. The third kappa shape index (κ3) is 4.50. The van der Waals surface area contributed by atoms with Crippen molar-refractivity contribution in [3.63, 3.8) is 0 Å². The SMILES string of the molecule is CCN1CC(NC(=O)c2cc(F)c(-n3nc4n(c3=O)CCCC4)cc2OCC(F)(F)F)C1. The predicted octanol–water partition coefficient (Wildman–Crippen LogP) is 1.88. The number of hydrogen-bond donors (Lipinski definition) is 1. The number of fused-ring (bicyclic) bond motifs is 1. The Morgan fingerprint density at radius 2 is 2.03 bits per heavy atom. The first kappa shape index (κ1) is 22.3. The third-order valence-corrected chi connectivity index (χ3v) is 5.62. The van der Waals surface area contributed by atoms with Gasteiger partial charge in [0, 0.05) is 32.1 Å². The van der Waals surface area contributed by atoms with Crippen LogP contribution in [0.25, 0.3) is 5.69 Å². The van der Waals surface area contributed by atoms with E-state index in [2.05, 4.69) is 15.3 Å². The molecule has 1 fully saturated rings. The molecule has 2 aliphatic rings. The first-order valence-corrected chi connectivity index (χ1v) is 10.4. The van der Waals surface area contributed by atoms with Gasteiger partial charge in [0.2, 0.25) is 0 Å². The Balaban J connectivity index is 1.68. The van der Waals surface area contributed by atoms with Crippen LogP contribution in [0.5, 0.6) is 5.75 Å². The number of aryl methyl sites for hydroxylation is 1. The molecule has 12 heteroatoms. The molecule has 174 valence electrons. The number of ether oxygens (including phenoxy) is 1. The lowest BCUT2D eigenvalue weighted by molar-refractivity contribution is -0.153. The van der Waals surface area contributed by atoms with Gasteiger partial charge in [0.25, 0.3) is 5.91 Å². The van der Waals surface area contributed by atoms with Gasteiger partial charge in [0.15, 0.2) is 6.61 Å². The molecule has 1 amide bonds. The summed E-state index contributed by atoms with van der Waals surface area (Å²) in [6.07, 6.45) is -2.52. The van der Waals surface area contributed by atoms with Crippen LogP contribution >= 0.6 is 0 Å². The minimum atomic E-state index is -4.66. The van der Waals surface area contributed by atoms with E-state index in [-0.39, 0.29) is 17.3 Å². The van der Waals surface area contributed by atoms with Gasteiger partial charge in [-0.25, -0.2) is 9.18 Å². The predicted molar refractivity (Wildman–Crippen MR) is 106 cm³/mol. The van der Waals surface area contributed by atoms with E-state index in [1.807, 2.05) is 6.92 Å². The molecule has 0 unspecified atom stereocenters. The zero-order chi connectivity index (χ0) is 23.0. The van der Waals surface area contributed by atoms with Gasteiger partial charge in [-0.05, 0) is 25.5 Å². The Labute approximate surface area is 180 Å². The van der Waals surface area contributed by atoms with Crippen molar-refractivity contribution in [3.8, 4) is 11.4 Å². The van der Waals surface area contributed by atoms with Crippen LogP contribution < -0.4 is 15.7 Å². The number of aromatic nitrogens is 3. The molecule has 3 heterocycles. The van der Waals surface area contributed by atoms with E-state index < -0.39 is 35.9 Å². The second-order valence-corrected chi connectivity index (χ2v) is 7.95. The van der Waals surface area contributed by atoms with Gasteiger partial charge >= 0.3 is 11.9 Å². The molecule has 0 radical (unpaired) electrons. The number of nitrogens with one attached hydrogen (secondary N) is 1. The average molecular weight is 457 g/mol. The molecule has 4 rings (SSSR count). The van der Waals surface area contributed by atoms with Crippen molar-refractivity contribution >= 4 is 5.91 Å². The summed E-state index contributed by atoms with van der Waals surface area (Å²) < 4.78 is 60.4. The summed E-state index contributed by atoms with van der Waals surface area (Å²) in [5.41, 5.74) is -1.33. The molecule has 2 aliphatic heterocycles. The van der Waals surface area contributed by atoms with Crippen LogP contribution in [0.3, 0.4) is 0 Å². The molecule has 2 aromatic rings. The highest BCUT2D eigenvalue weighted by Crippen LogP contribution is 2.28. The zero-order valence-corrected chi connectivity index (χ0v) is 17.4.